The maximum Gasteiger partial charge on any atom is 0.308 e. The predicted molar refractivity (Wildman–Crippen MR) is 68.1 cm³/mol. The average molecular weight is 253 g/mol. The molecule has 0 saturated heterocycles. The van der Waals surface area contributed by atoms with Crippen LogP contribution < -0.4 is 14.8 Å². The number of carboxylic acid groups (broad SMARTS) is 1. The summed E-state index contributed by atoms with van der Waals surface area (Å²) in [4.78, 5) is 11.1. The summed E-state index contributed by atoms with van der Waals surface area (Å²) in [5.41, 5.74) is 0.852. The lowest BCUT2D eigenvalue weighted by Crippen LogP contribution is -2.28. The van der Waals surface area contributed by atoms with E-state index in [1.807, 2.05) is 6.07 Å². The molecule has 0 aliphatic carbocycles. The molecule has 0 spiro atoms. The molecule has 2 N–H and O–H groups in total. The standard InChI is InChI=1S/C13H19NO4/c1-8(13(15)16)12(14-2)9-5-6-10(17-3)11(7-9)18-4/h5-8,12,14H,1-4H3,(H,15,16). The molecule has 0 aliphatic heterocycles. The first-order valence-corrected chi connectivity index (χ1v) is 5.67. The molecule has 2 atom stereocenters. The number of methoxy groups -OCH3 is 2. The van der Waals surface area contributed by atoms with Gasteiger partial charge in [-0.05, 0) is 24.7 Å². The second-order valence-electron chi connectivity index (χ2n) is 4.01. The van der Waals surface area contributed by atoms with E-state index in [1.54, 1.807) is 40.3 Å². The number of ether oxygens (including phenoxy) is 2. The highest BCUT2D eigenvalue weighted by atomic mass is 16.5. The zero-order chi connectivity index (χ0) is 13.7. The Morgan fingerprint density at radius 2 is 1.89 bits per heavy atom. The van der Waals surface area contributed by atoms with Crippen LogP contribution in [0.1, 0.15) is 18.5 Å². The molecule has 5 nitrogen and oxygen atoms in total. The number of hydrogen-bond donors (Lipinski definition) is 2. The Bertz CT molecular complexity index is 419. The first kappa shape index (κ1) is 14.3. The van der Waals surface area contributed by atoms with Gasteiger partial charge in [0.05, 0.1) is 20.1 Å². The van der Waals surface area contributed by atoms with Crippen molar-refractivity contribution in [1.82, 2.24) is 5.32 Å². The highest BCUT2D eigenvalue weighted by Gasteiger charge is 2.24. The fraction of sp³-hybridized carbons (Fsp3) is 0.462. The van der Waals surface area contributed by atoms with Crippen LogP contribution in [-0.2, 0) is 4.79 Å². The van der Waals surface area contributed by atoms with E-state index in [0.29, 0.717) is 11.5 Å². The number of carbonyl (C=O) groups is 1. The summed E-state index contributed by atoms with van der Waals surface area (Å²) in [6, 6.07) is 5.12. The lowest BCUT2D eigenvalue weighted by atomic mass is 9.94. The highest BCUT2D eigenvalue weighted by Crippen LogP contribution is 2.32. The minimum absolute atomic E-state index is 0.276. The Balaban J connectivity index is 3.10. The summed E-state index contributed by atoms with van der Waals surface area (Å²) in [5, 5.41) is 12.1. The molecule has 0 amide bonds. The van der Waals surface area contributed by atoms with E-state index < -0.39 is 11.9 Å². The molecule has 0 radical (unpaired) electrons. The molecule has 0 bridgehead atoms. The van der Waals surface area contributed by atoms with Crippen molar-refractivity contribution in [2.75, 3.05) is 21.3 Å². The number of hydrogen-bond acceptors (Lipinski definition) is 4. The first-order chi connectivity index (χ1) is 8.54. The third kappa shape index (κ3) is 2.92. The molecule has 0 saturated carbocycles. The monoisotopic (exact) mass is 253 g/mol. The maximum atomic E-state index is 11.1. The Kier molecular flexibility index (Phi) is 4.97. The number of carboxylic acids is 1. The minimum atomic E-state index is -0.843. The highest BCUT2D eigenvalue weighted by molar-refractivity contribution is 5.71. The van der Waals surface area contributed by atoms with Crippen molar-refractivity contribution in [3.8, 4) is 11.5 Å². The molecule has 18 heavy (non-hydrogen) atoms. The topological polar surface area (TPSA) is 67.8 Å². The van der Waals surface area contributed by atoms with Gasteiger partial charge < -0.3 is 19.9 Å². The Labute approximate surface area is 107 Å². The van der Waals surface area contributed by atoms with Gasteiger partial charge in [-0.2, -0.15) is 0 Å². The van der Waals surface area contributed by atoms with Crippen LogP contribution in [0.5, 0.6) is 11.5 Å². The van der Waals surface area contributed by atoms with Gasteiger partial charge in [-0.25, -0.2) is 0 Å². The van der Waals surface area contributed by atoms with Gasteiger partial charge in [0.15, 0.2) is 11.5 Å². The first-order valence-electron chi connectivity index (χ1n) is 5.67. The van der Waals surface area contributed by atoms with Crippen LogP contribution in [0.2, 0.25) is 0 Å². The van der Waals surface area contributed by atoms with Gasteiger partial charge in [-0.15, -0.1) is 0 Å². The summed E-state index contributed by atoms with van der Waals surface area (Å²) in [6.45, 7) is 1.67. The molecule has 1 aromatic rings. The van der Waals surface area contributed by atoms with Gasteiger partial charge in [0.1, 0.15) is 0 Å². The van der Waals surface area contributed by atoms with Crippen molar-refractivity contribution in [1.29, 1.82) is 0 Å². The predicted octanol–water partition coefficient (Wildman–Crippen LogP) is 1.69. The third-order valence-electron chi connectivity index (χ3n) is 2.97. The molecule has 1 rings (SSSR count). The van der Waals surface area contributed by atoms with Crippen molar-refractivity contribution in [2.24, 2.45) is 5.92 Å². The Morgan fingerprint density at radius 1 is 1.28 bits per heavy atom. The van der Waals surface area contributed by atoms with Gasteiger partial charge in [-0.1, -0.05) is 13.0 Å². The van der Waals surface area contributed by atoms with Crippen LogP contribution in [0.3, 0.4) is 0 Å². The van der Waals surface area contributed by atoms with Crippen molar-refractivity contribution < 1.29 is 19.4 Å². The largest absolute Gasteiger partial charge is 0.493 e. The number of nitrogens with one attached hydrogen (secondary N) is 1. The third-order valence-corrected chi connectivity index (χ3v) is 2.97. The molecular formula is C13H19NO4. The number of rotatable bonds is 6. The fourth-order valence-corrected chi connectivity index (χ4v) is 1.89. The van der Waals surface area contributed by atoms with E-state index in [2.05, 4.69) is 5.32 Å². The molecular weight excluding hydrogens is 234 g/mol. The summed E-state index contributed by atoms with van der Waals surface area (Å²) in [7, 11) is 4.85. The molecule has 2 unspecified atom stereocenters. The smallest absolute Gasteiger partial charge is 0.308 e. The van der Waals surface area contributed by atoms with Crippen LogP contribution in [-0.4, -0.2) is 32.3 Å². The van der Waals surface area contributed by atoms with E-state index in [9.17, 15) is 4.79 Å². The van der Waals surface area contributed by atoms with Crippen LogP contribution in [0, 0.1) is 5.92 Å². The molecule has 0 heterocycles. The average Bonchev–Trinajstić information content (AvgIpc) is 2.39. The summed E-state index contributed by atoms with van der Waals surface area (Å²) < 4.78 is 10.4. The minimum Gasteiger partial charge on any atom is -0.493 e. The van der Waals surface area contributed by atoms with Crippen molar-refractivity contribution in [3.63, 3.8) is 0 Å². The maximum absolute atomic E-state index is 11.1. The van der Waals surface area contributed by atoms with E-state index in [4.69, 9.17) is 14.6 Å². The van der Waals surface area contributed by atoms with Gasteiger partial charge in [-0.3, -0.25) is 4.79 Å². The number of aliphatic carboxylic acids is 1. The molecule has 0 aliphatic rings. The summed E-state index contributed by atoms with van der Waals surface area (Å²) >= 11 is 0. The van der Waals surface area contributed by atoms with Crippen LogP contribution in [0.4, 0.5) is 0 Å². The van der Waals surface area contributed by atoms with Crippen molar-refractivity contribution in [3.05, 3.63) is 23.8 Å². The van der Waals surface area contributed by atoms with Gasteiger partial charge in [0.2, 0.25) is 0 Å². The van der Waals surface area contributed by atoms with Gasteiger partial charge in [0, 0.05) is 6.04 Å². The zero-order valence-corrected chi connectivity index (χ0v) is 11.1. The van der Waals surface area contributed by atoms with E-state index in [-0.39, 0.29) is 6.04 Å². The molecule has 0 fully saturated rings. The van der Waals surface area contributed by atoms with Gasteiger partial charge >= 0.3 is 5.97 Å². The SMILES string of the molecule is CNC(c1ccc(OC)c(OC)c1)C(C)C(=O)O. The Hall–Kier alpha value is -1.75. The van der Waals surface area contributed by atoms with Crippen molar-refractivity contribution in [2.45, 2.75) is 13.0 Å². The van der Waals surface area contributed by atoms with Crippen LogP contribution in [0.25, 0.3) is 0 Å². The molecule has 0 aromatic heterocycles. The summed E-state index contributed by atoms with van der Waals surface area (Å²) in [5.74, 6) is -0.163. The van der Waals surface area contributed by atoms with E-state index >= 15 is 0 Å². The van der Waals surface area contributed by atoms with Crippen LogP contribution >= 0.6 is 0 Å². The van der Waals surface area contributed by atoms with Crippen molar-refractivity contribution >= 4 is 5.97 Å². The fourth-order valence-electron chi connectivity index (χ4n) is 1.89. The normalized spacial score (nSPS) is 13.8. The number of benzene rings is 1. The second kappa shape index (κ2) is 6.26. The van der Waals surface area contributed by atoms with E-state index in [0.717, 1.165) is 5.56 Å². The molecule has 5 heteroatoms. The zero-order valence-electron chi connectivity index (χ0n) is 11.1. The lowest BCUT2D eigenvalue weighted by Gasteiger charge is -2.21. The molecule has 100 valence electrons. The van der Waals surface area contributed by atoms with Gasteiger partial charge in [0.25, 0.3) is 0 Å². The van der Waals surface area contributed by atoms with E-state index in [1.165, 1.54) is 0 Å². The van der Waals surface area contributed by atoms with Crippen LogP contribution in [0.15, 0.2) is 18.2 Å². The second-order valence-corrected chi connectivity index (χ2v) is 4.01. The summed E-state index contributed by atoms with van der Waals surface area (Å²) in [6.07, 6.45) is 0. The Morgan fingerprint density at radius 3 is 2.33 bits per heavy atom. The molecule has 1 aromatic carbocycles. The quantitative estimate of drug-likeness (QED) is 0.807. The lowest BCUT2D eigenvalue weighted by molar-refractivity contribution is -0.142.